The minimum absolute atomic E-state index is 0.288. The molecule has 0 N–H and O–H groups in total. The first kappa shape index (κ1) is 9.53. The van der Waals surface area contributed by atoms with Gasteiger partial charge in [-0.25, -0.2) is 0 Å². The molecular formula is C11H16S. The van der Waals surface area contributed by atoms with E-state index >= 15 is 0 Å². The predicted molar refractivity (Wildman–Crippen MR) is 57.5 cm³/mol. The maximum atomic E-state index is 2.26. The molecule has 0 bridgehead atoms. The fourth-order valence-corrected chi connectivity index (χ4v) is 1.70. The third-order valence-corrected chi connectivity index (χ3v) is 2.62. The van der Waals surface area contributed by atoms with Crippen molar-refractivity contribution in [2.24, 2.45) is 5.41 Å². The van der Waals surface area contributed by atoms with Gasteiger partial charge < -0.3 is 0 Å². The largest absolute Gasteiger partial charge is 0.144 e. The summed E-state index contributed by atoms with van der Waals surface area (Å²) in [5, 5.41) is 2.14. The fraction of sp³-hybridized carbons (Fsp3) is 0.455. The minimum atomic E-state index is 0.288. The lowest BCUT2D eigenvalue weighted by Gasteiger charge is -2.10. The molecule has 0 amide bonds. The molecule has 0 radical (unpaired) electrons. The molecule has 66 valence electrons. The number of hydrogen-bond acceptors (Lipinski definition) is 1. The zero-order valence-electron chi connectivity index (χ0n) is 8.22. The molecule has 0 saturated heterocycles. The standard InChI is InChI=1S/C11H16S/c1-9-6-8-12-10(9)5-7-11(2,3)4/h5-8H,1-4H3/b7-5+. The highest BCUT2D eigenvalue weighted by molar-refractivity contribution is 7.11. The summed E-state index contributed by atoms with van der Waals surface area (Å²) >= 11 is 1.80. The average molecular weight is 180 g/mol. The first-order valence-electron chi connectivity index (χ1n) is 4.22. The van der Waals surface area contributed by atoms with E-state index in [1.54, 1.807) is 11.3 Å². The molecule has 1 heteroatoms. The molecule has 0 aliphatic rings. The van der Waals surface area contributed by atoms with E-state index in [0.29, 0.717) is 0 Å². The molecule has 1 aromatic heterocycles. The maximum absolute atomic E-state index is 2.26. The SMILES string of the molecule is Cc1ccsc1/C=C/C(C)(C)C. The van der Waals surface area contributed by atoms with Gasteiger partial charge in [0.1, 0.15) is 0 Å². The Labute approximate surface area is 78.9 Å². The maximum Gasteiger partial charge on any atom is 0.0296 e. The van der Waals surface area contributed by atoms with Gasteiger partial charge in [0.15, 0.2) is 0 Å². The van der Waals surface area contributed by atoms with Crippen molar-refractivity contribution < 1.29 is 0 Å². The van der Waals surface area contributed by atoms with Crippen molar-refractivity contribution in [1.29, 1.82) is 0 Å². The Morgan fingerprint density at radius 2 is 2.00 bits per heavy atom. The van der Waals surface area contributed by atoms with E-state index in [0.717, 1.165) is 0 Å². The van der Waals surface area contributed by atoms with Crippen LogP contribution in [-0.2, 0) is 0 Å². The summed E-state index contributed by atoms with van der Waals surface area (Å²) in [6, 6.07) is 2.16. The van der Waals surface area contributed by atoms with Crippen molar-refractivity contribution >= 4 is 17.4 Å². The van der Waals surface area contributed by atoms with Crippen molar-refractivity contribution in [2.45, 2.75) is 27.7 Å². The Kier molecular flexibility index (Phi) is 2.73. The zero-order chi connectivity index (χ0) is 9.19. The summed E-state index contributed by atoms with van der Waals surface area (Å²) < 4.78 is 0. The van der Waals surface area contributed by atoms with Crippen LogP contribution in [0.15, 0.2) is 17.5 Å². The van der Waals surface area contributed by atoms with E-state index in [2.05, 4.69) is 51.3 Å². The van der Waals surface area contributed by atoms with Crippen LogP contribution in [0.4, 0.5) is 0 Å². The number of aryl methyl sites for hydroxylation is 1. The molecule has 0 aliphatic heterocycles. The van der Waals surface area contributed by atoms with Crippen LogP contribution in [0.3, 0.4) is 0 Å². The Morgan fingerprint density at radius 1 is 1.33 bits per heavy atom. The van der Waals surface area contributed by atoms with Gasteiger partial charge >= 0.3 is 0 Å². The molecule has 0 unspecified atom stereocenters. The van der Waals surface area contributed by atoms with E-state index in [1.165, 1.54) is 10.4 Å². The van der Waals surface area contributed by atoms with Gasteiger partial charge in [-0.15, -0.1) is 11.3 Å². The second-order valence-corrected chi connectivity index (χ2v) is 5.11. The molecule has 0 aromatic carbocycles. The molecule has 1 heterocycles. The van der Waals surface area contributed by atoms with Gasteiger partial charge in [0.2, 0.25) is 0 Å². The smallest absolute Gasteiger partial charge is 0.0296 e. The molecule has 0 fully saturated rings. The van der Waals surface area contributed by atoms with E-state index in [1.807, 2.05) is 0 Å². The molecule has 1 aromatic rings. The van der Waals surface area contributed by atoms with Crippen molar-refractivity contribution in [3.63, 3.8) is 0 Å². The molecule has 0 aliphatic carbocycles. The van der Waals surface area contributed by atoms with Crippen molar-refractivity contribution in [2.75, 3.05) is 0 Å². The zero-order valence-corrected chi connectivity index (χ0v) is 9.03. The first-order valence-corrected chi connectivity index (χ1v) is 5.10. The Bertz CT molecular complexity index is 273. The highest BCUT2D eigenvalue weighted by Gasteiger charge is 2.04. The van der Waals surface area contributed by atoms with Crippen LogP contribution < -0.4 is 0 Å². The summed E-state index contributed by atoms with van der Waals surface area (Å²) in [7, 11) is 0. The summed E-state index contributed by atoms with van der Waals surface area (Å²) in [5.41, 5.74) is 1.66. The molecule has 0 atom stereocenters. The van der Waals surface area contributed by atoms with Gasteiger partial charge in [0, 0.05) is 4.88 Å². The van der Waals surface area contributed by atoms with Crippen LogP contribution in [0, 0.1) is 12.3 Å². The molecule has 0 spiro atoms. The van der Waals surface area contributed by atoms with Gasteiger partial charge in [-0.2, -0.15) is 0 Å². The lowest BCUT2D eigenvalue weighted by Crippen LogP contribution is -1.97. The van der Waals surface area contributed by atoms with Crippen LogP contribution in [0.2, 0.25) is 0 Å². The van der Waals surface area contributed by atoms with Gasteiger partial charge in [-0.1, -0.05) is 26.8 Å². The third kappa shape index (κ3) is 2.82. The van der Waals surface area contributed by atoms with Gasteiger partial charge in [0.25, 0.3) is 0 Å². The summed E-state index contributed by atoms with van der Waals surface area (Å²) in [6.07, 6.45) is 4.48. The quantitative estimate of drug-likeness (QED) is 0.610. The van der Waals surface area contributed by atoms with E-state index < -0.39 is 0 Å². The normalized spacial score (nSPS) is 12.7. The van der Waals surface area contributed by atoms with Crippen LogP contribution in [-0.4, -0.2) is 0 Å². The predicted octanol–water partition coefficient (Wildman–Crippen LogP) is 4.12. The van der Waals surface area contributed by atoms with Crippen LogP contribution in [0.1, 0.15) is 31.2 Å². The number of rotatable bonds is 1. The van der Waals surface area contributed by atoms with Crippen molar-refractivity contribution in [3.05, 3.63) is 28.0 Å². The Morgan fingerprint density at radius 3 is 2.42 bits per heavy atom. The van der Waals surface area contributed by atoms with Crippen LogP contribution >= 0.6 is 11.3 Å². The van der Waals surface area contributed by atoms with Crippen LogP contribution in [0.5, 0.6) is 0 Å². The lowest BCUT2D eigenvalue weighted by molar-refractivity contribution is 0.547. The Hall–Kier alpha value is -0.560. The minimum Gasteiger partial charge on any atom is -0.144 e. The molecule has 0 saturated carbocycles. The first-order chi connectivity index (χ1) is 5.49. The molecule has 12 heavy (non-hydrogen) atoms. The average Bonchev–Trinajstić information content (AvgIpc) is 2.29. The third-order valence-electron chi connectivity index (χ3n) is 1.64. The van der Waals surface area contributed by atoms with E-state index in [9.17, 15) is 0 Å². The topological polar surface area (TPSA) is 0 Å². The number of hydrogen-bond donors (Lipinski definition) is 0. The van der Waals surface area contributed by atoms with E-state index in [-0.39, 0.29) is 5.41 Å². The Balaban J connectivity index is 2.77. The van der Waals surface area contributed by atoms with Gasteiger partial charge in [-0.3, -0.25) is 0 Å². The second kappa shape index (κ2) is 3.44. The molecule has 0 nitrogen and oxygen atoms in total. The summed E-state index contributed by atoms with van der Waals surface area (Å²) in [5.74, 6) is 0. The fourth-order valence-electron chi connectivity index (χ4n) is 0.881. The lowest BCUT2D eigenvalue weighted by atomic mass is 9.96. The number of thiophene rings is 1. The summed E-state index contributed by atoms with van der Waals surface area (Å²) in [4.78, 5) is 1.38. The van der Waals surface area contributed by atoms with Crippen molar-refractivity contribution in [1.82, 2.24) is 0 Å². The van der Waals surface area contributed by atoms with Crippen LogP contribution in [0.25, 0.3) is 6.08 Å². The van der Waals surface area contributed by atoms with Gasteiger partial charge in [-0.05, 0) is 35.4 Å². The van der Waals surface area contributed by atoms with Gasteiger partial charge in [0.05, 0.1) is 0 Å². The van der Waals surface area contributed by atoms with Crippen molar-refractivity contribution in [3.8, 4) is 0 Å². The highest BCUT2D eigenvalue weighted by atomic mass is 32.1. The number of allylic oxidation sites excluding steroid dienone is 1. The highest BCUT2D eigenvalue weighted by Crippen LogP contribution is 2.21. The summed E-state index contributed by atoms with van der Waals surface area (Å²) in [6.45, 7) is 8.80. The van der Waals surface area contributed by atoms with E-state index in [4.69, 9.17) is 0 Å². The molecule has 1 rings (SSSR count). The second-order valence-electron chi connectivity index (χ2n) is 4.17. The molecular weight excluding hydrogens is 164 g/mol. The monoisotopic (exact) mass is 180 g/mol.